The third-order valence-electron chi connectivity index (χ3n) is 4.27. The standard InChI is InChI=1S/C19H24N4O3/c1-2-11-25-16-5-3-15(4-6-16)18-22-17(14-20)19(26-18)21-7-8-23-9-12-24-13-10-23/h3-6,21H,2,7-13H2,1H3/p+1. The molecule has 0 saturated carbocycles. The Balaban J connectivity index is 1.61. The number of ether oxygens (including phenoxy) is 2. The molecule has 1 aliphatic rings. The second-order valence-electron chi connectivity index (χ2n) is 6.22. The third-order valence-corrected chi connectivity index (χ3v) is 4.27. The van der Waals surface area contributed by atoms with Crippen LogP contribution in [0.4, 0.5) is 5.88 Å². The van der Waals surface area contributed by atoms with Crippen molar-refractivity contribution in [2.24, 2.45) is 0 Å². The van der Waals surface area contributed by atoms with E-state index in [4.69, 9.17) is 13.9 Å². The molecule has 3 rings (SSSR count). The summed E-state index contributed by atoms with van der Waals surface area (Å²) in [5.41, 5.74) is 1.10. The summed E-state index contributed by atoms with van der Waals surface area (Å²) in [7, 11) is 0. The molecular formula is C19H25N4O3+. The Morgan fingerprint density at radius 3 is 2.73 bits per heavy atom. The SMILES string of the molecule is CCCOc1ccc(-c2nc(C#N)c(NCC[NH+]3CCOCC3)o2)cc1. The molecule has 0 radical (unpaired) electrons. The van der Waals surface area contributed by atoms with E-state index in [1.165, 1.54) is 4.90 Å². The molecule has 0 spiro atoms. The van der Waals surface area contributed by atoms with Gasteiger partial charge in [0.25, 0.3) is 0 Å². The van der Waals surface area contributed by atoms with Gasteiger partial charge in [-0.25, -0.2) is 0 Å². The number of benzene rings is 1. The lowest BCUT2D eigenvalue weighted by molar-refractivity contribution is -0.906. The highest BCUT2D eigenvalue weighted by atomic mass is 16.5. The van der Waals surface area contributed by atoms with E-state index in [-0.39, 0.29) is 5.69 Å². The Kier molecular flexibility index (Phi) is 6.47. The molecule has 2 aromatic rings. The highest BCUT2D eigenvalue weighted by Crippen LogP contribution is 2.26. The zero-order valence-electron chi connectivity index (χ0n) is 15.1. The molecule has 0 atom stereocenters. The number of hydrogen-bond donors (Lipinski definition) is 2. The summed E-state index contributed by atoms with van der Waals surface area (Å²) in [5.74, 6) is 1.68. The van der Waals surface area contributed by atoms with Crippen LogP contribution in [0.3, 0.4) is 0 Å². The van der Waals surface area contributed by atoms with Crippen molar-refractivity contribution >= 4 is 5.88 Å². The number of hydrogen-bond acceptors (Lipinski definition) is 6. The van der Waals surface area contributed by atoms with Crippen molar-refractivity contribution in [2.75, 3.05) is 51.3 Å². The molecule has 2 heterocycles. The van der Waals surface area contributed by atoms with Gasteiger partial charge in [0.15, 0.2) is 0 Å². The third kappa shape index (κ3) is 4.75. The number of oxazole rings is 1. The highest BCUT2D eigenvalue weighted by Gasteiger charge is 2.17. The molecule has 1 fully saturated rings. The smallest absolute Gasteiger partial charge is 0.232 e. The summed E-state index contributed by atoms with van der Waals surface area (Å²) in [6, 6.07) is 9.64. The molecule has 2 N–H and O–H groups in total. The van der Waals surface area contributed by atoms with Gasteiger partial charge in [0.1, 0.15) is 24.9 Å². The van der Waals surface area contributed by atoms with E-state index in [0.717, 1.165) is 57.1 Å². The first-order chi connectivity index (χ1) is 12.8. The maximum absolute atomic E-state index is 9.31. The quantitative estimate of drug-likeness (QED) is 0.741. The molecular weight excluding hydrogens is 332 g/mol. The minimum atomic E-state index is 0.281. The molecule has 0 aliphatic carbocycles. The van der Waals surface area contributed by atoms with Crippen LogP contribution in [0.15, 0.2) is 28.7 Å². The molecule has 26 heavy (non-hydrogen) atoms. The lowest BCUT2D eigenvalue weighted by Gasteiger charge is -2.23. The predicted molar refractivity (Wildman–Crippen MR) is 97.3 cm³/mol. The molecule has 0 unspecified atom stereocenters. The van der Waals surface area contributed by atoms with Gasteiger partial charge >= 0.3 is 0 Å². The number of nitriles is 1. The predicted octanol–water partition coefficient (Wildman–Crippen LogP) is 1.33. The van der Waals surface area contributed by atoms with Crippen molar-refractivity contribution in [2.45, 2.75) is 13.3 Å². The largest absolute Gasteiger partial charge is 0.494 e. The second kappa shape index (κ2) is 9.22. The molecule has 0 bridgehead atoms. The van der Waals surface area contributed by atoms with Gasteiger partial charge in [-0.2, -0.15) is 10.2 Å². The lowest BCUT2D eigenvalue weighted by atomic mass is 10.2. The van der Waals surface area contributed by atoms with Gasteiger partial charge in [0.05, 0.1) is 32.9 Å². The van der Waals surface area contributed by atoms with E-state index in [2.05, 4.69) is 23.3 Å². The minimum absolute atomic E-state index is 0.281. The summed E-state index contributed by atoms with van der Waals surface area (Å²) in [6.45, 7) is 8.08. The average Bonchev–Trinajstić information content (AvgIpc) is 3.11. The first-order valence-corrected chi connectivity index (χ1v) is 9.09. The summed E-state index contributed by atoms with van der Waals surface area (Å²) >= 11 is 0. The van der Waals surface area contributed by atoms with Crippen LogP contribution in [-0.4, -0.2) is 51.0 Å². The van der Waals surface area contributed by atoms with Gasteiger partial charge in [-0.15, -0.1) is 0 Å². The maximum Gasteiger partial charge on any atom is 0.232 e. The van der Waals surface area contributed by atoms with Gasteiger partial charge in [-0.3, -0.25) is 0 Å². The van der Waals surface area contributed by atoms with Gasteiger partial charge in [0, 0.05) is 5.56 Å². The van der Waals surface area contributed by atoms with Crippen molar-refractivity contribution in [1.29, 1.82) is 5.26 Å². The van der Waals surface area contributed by atoms with Crippen molar-refractivity contribution in [1.82, 2.24) is 4.98 Å². The Morgan fingerprint density at radius 1 is 1.27 bits per heavy atom. The number of anilines is 1. The van der Waals surface area contributed by atoms with Gasteiger partial charge in [0.2, 0.25) is 17.5 Å². The fourth-order valence-corrected chi connectivity index (χ4v) is 2.82. The van der Waals surface area contributed by atoms with Crippen molar-refractivity contribution < 1.29 is 18.8 Å². The molecule has 1 saturated heterocycles. The van der Waals surface area contributed by atoms with Crippen molar-refractivity contribution in [3.8, 4) is 23.3 Å². The summed E-state index contributed by atoms with van der Waals surface area (Å²) in [4.78, 5) is 5.79. The van der Waals surface area contributed by atoms with Crippen LogP contribution in [0, 0.1) is 11.3 Å². The lowest BCUT2D eigenvalue weighted by Crippen LogP contribution is -3.14. The van der Waals surface area contributed by atoms with Crippen LogP contribution in [0.5, 0.6) is 5.75 Å². The number of nitrogens with zero attached hydrogens (tertiary/aromatic N) is 2. The zero-order valence-corrected chi connectivity index (χ0v) is 15.1. The van der Waals surface area contributed by atoms with Crippen molar-refractivity contribution in [3.05, 3.63) is 30.0 Å². The number of morpholine rings is 1. The summed E-state index contributed by atoms with van der Waals surface area (Å²) in [6.07, 6.45) is 0.966. The number of aromatic nitrogens is 1. The molecule has 7 nitrogen and oxygen atoms in total. The van der Waals surface area contributed by atoms with E-state index in [1.807, 2.05) is 24.3 Å². The number of quaternary nitrogens is 1. The highest BCUT2D eigenvalue weighted by molar-refractivity contribution is 5.59. The van der Waals surface area contributed by atoms with Crippen LogP contribution in [-0.2, 0) is 4.74 Å². The normalized spacial score (nSPS) is 14.8. The molecule has 1 aromatic carbocycles. The Labute approximate surface area is 153 Å². The van der Waals surface area contributed by atoms with Crippen molar-refractivity contribution in [3.63, 3.8) is 0 Å². The van der Waals surface area contributed by atoms with E-state index in [9.17, 15) is 5.26 Å². The number of nitrogens with one attached hydrogen (secondary N) is 2. The van der Waals surface area contributed by atoms with Crippen LogP contribution < -0.4 is 15.0 Å². The van der Waals surface area contributed by atoms with Crippen LogP contribution in [0.25, 0.3) is 11.5 Å². The van der Waals surface area contributed by atoms with Gasteiger partial charge < -0.3 is 24.1 Å². The molecule has 1 aromatic heterocycles. The van der Waals surface area contributed by atoms with Gasteiger partial charge in [-0.1, -0.05) is 6.92 Å². The average molecular weight is 357 g/mol. The zero-order chi connectivity index (χ0) is 18.2. The molecule has 7 heteroatoms. The Hall–Kier alpha value is -2.56. The molecule has 138 valence electrons. The fourth-order valence-electron chi connectivity index (χ4n) is 2.82. The molecule has 0 amide bonds. The maximum atomic E-state index is 9.31. The Bertz CT molecular complexity index is 730. The van der Waals surface area contributed by atoms with Crippen LogP contribution in [0.2, 0.25) is 0 Å². The first kappa shape index (κ1) is 18.2. The second-order valence-corrected chi connectivity index (χ2v) is 6.22. The summed E-state index contributed by atoms with van der Waals surface area (Å²) < 4.78 is 16.7. The van der Waals surface area contributed by atoms with E-state index in [0.29, 0.717) is 18.4 Å². The topological polar surface area (TPSA) is 84.8 Å². The van der Waals surface area contributed by atoms with E-state index in [1.54, 1.807) is 0 Å². The minimum Gasteiger partial charge on any atom is -0.494 e. The Morgan fingerprint density at radius 2 is 2.04 bits per heavy atom. The number of rotatable bonds is 8. The first-order valence-electron chi connectivity index (χ1n) is 9.09. The molecule has 1 aliphatic heterocycles. The van der Waals surface area contributed by atoms with E-state index < -0.39 is 0 Å². The van der Waals surface area contributed by atoms with E-state index >= 15 is 0 Å². The monoisotopic (exact) mass is 357 g/mol. The van der Waals surface area contributed by atoms with Crippen LogP contribution >= 0.6 is 0 Å². The summed E-state index contributed by atoms with van der Waals surface area (Å²) in [5, 5.41) is 12.5. The fraction of sp³-hybridized carbons (Fsp3) is 0.474. The van der Waals surface area contributed by atoms with Gasteiger partial charge in [-0.05, 0) is 30.7 Å². The van der Waals surface area contributed by atoms with Crippen LogP contribution in [0.1, 0.15) is 19.0 Å².